The number of esters is 2. The van der Waals surface area contributed by atoms with Gasteiger partial charge in [0.15, 0.2) is 0 Å². The summed E-state index contributed by atoms with van der Waals surface area (Å²) in [5.74, 6) is -1.40. The van der Waals surface area contributed by atoms with Gasteiger partial charge >= 0.3 is 11.9 Å². The third-order valence-electron chi connectivity index (χ3n) is 15.8. The summed E-state index contributed by atoms with van der Waals surface area (Å²) in [5, 5.41) is 19.2. The maximum absolute atomic E-state index is 12.5. The molecule has 0 aromatic rings. The first-order valence-electron chi connectivity index (χ1n) is 31.8. The number of rotatable bonds is 55. The maximum atomic E-state index is 12.5. The average molecular weight is 988 g/mol. The molecule has 0 saturated carbocycles. The lowest BCUT2D eigenvalue weighted by atomic mass is 9.92. The van der Waals surface area contributed by atoms with E-state index in [0.29, 0.717) is 6.42 Å². The Balaban J connectivity index is 1.67. The van der Waals surface area contributed by atoms with Crippen molar-refractivity contribution in [3.8, 4) is 0 Å². The molecule has 0 aromatic carbocycles. The maximum Gasteiger partial charge on any atom is 0.309 e. The largest absolute Gasteiger partial charge is 0.465 e. The van der Waals surface area contributed by atoms with Crippen LogP contribution in [0.3, 0.4) is 0 Å². The van der Waals surface area contributed by atoms with Gasteiger partial charge in [0.25, 0.3) is 0 Å². The number of aliphatic hydroxyl groups excluding tert-OH is 2. The summed E-state index contributed by atoms with van der Waals surface area (Å²) < 4.78 is 10.6. The van der Waals surface area contributed by atoms with Crippen molar-refractivity contribution < 1.29 is 29.3 Å². The molecule has 1 atom stereocenters. The van der Waals surface area contributed by atoms with Crippen LogP contribution in [-0.4, -0.2) is 48.6 Å². The van der Waals surface area contributed by atoms with Gasteiger partial charge in [0.1, 0.15) is 13.2 Å². The minimum absolute atomic E-state index is 0.00513. The molecule has 1 aliphatic rings. The van der Waals surface area contributed by atoms with Gasteiger partial charge in [-0.2, -0.15) is 0 Å². The summed E-state index contributed by atoms with van der Waals surface area (Å²) in [6.45, 7) is 1.21. The molecular weight excluding hydrogens is 865 g/mol. The number of unbranched alkanes of at least 4 members (excludes halogenated alkanes) is 49. The van der Waals surface area contributed by atoms with Crippen molar-refractivity contribution in [2.45, 2.75) is 347 Å². The SMILES string of the molecule is CCCCCCCCC/C=C/CCCCCCCCCCCCCCCCCCCCCCCCCCCCCCCCCCCCCCCCCCCCC1CC(=O)OCC(CO)(CO)COC1=O. The van der Waals surface area contributed by atoms with E-state index < -0.39 is 36.5 Å². The van der Waals surface area contributed by atoms with Crippen LogP contribution < -0.4 is 0 Å². The minimum atomic E-state index is -1.12. The van der Waals surface area contributed by atoms with Gasteiger partial charge in [-0.25, -0.2) is 0 Å². The molecule has 1 heterocycles. The number of hydrogen-bond donors (Lipinski definition) is 2. The summed E-state index contributed by atoms with van der Waals surface area (Å²) in [6, 6.07) is 0. The molecule has 6 heteroatoms. The Kier molecular flexibility index (Phi) is 51.3. The molecule has 0 bridgehead atoms. The van der Waals surface area contributed by atoms with Crippen molar-refractivity contribution in [1.29, 1.82) is 0 Å². The first-order valence-corrected chi connectivity index (χ1v) is 31.8. The smallest absolute Gasteiger partial charge is 0.309 e. The van der Waals surface area contributed by atoms with Crippen molar-refractivity contribution in [3.63, 3.8) is 0 Å². The zero-order valence-corrected chi connectivity index (χ0v) is 47.1. The molecule has 1 rings (SSSR count). The number of hydrogen-bond acceptors (Lipinski definition) is 6. The van der Waals surface area contributed by atoms with E-state index in [9.17, 15) is 19.8 Å². The Morgan fingerprint density at radius 1 is 0.371 bits per heavy atom. The van der Waals surface area contributed by atoms with E-state index >= 15 is 0 Å². The lowest BCUT2D eigenvalue weighted by Gasteiger charge is -2.27. The lowest BCUT2D eigenvalue weighted by Crippen LogP contribution is -2.40. The monoisotopic (exact) mass is 987 g/mol. The second-order valence-electron chi connectivity index (χ2n) is 22.8. The summed E-state index contributed by atoms with van der Waals surface area (Å²) in [7, 11) is 0. The van der Waals surface area contributed by atoms with Gasteiger partial charge in [-0.15, -0.1) is 0 Å². The van der Waals surface area contributed by atoms with Crippen LogP contribution in [0.15, 0.2) is 12.2 Å². The number of allylic oxidation sites excluding steroid dienone is 2. The van der Waals surface area contributed by atoms with Gasteiger partial charge in [0.05, 0.1) is 31.0 Å². The Labute approximate surface area is 436 Å². The number of aliphatic hydroxyl groups is 2. The standard InChI is InChI=1S/C64H122O6/c1-2-3-4-5-6-7-8-9-10-11-12-13-14-15-16-17-18-19-20-21-22-23-24-25-26-27-28-29-30-31-32-33-34-35-36-37-38-39-40-41-42-43-44-45-46-47-48-49-50-51-52-53-54-55-61-56-62(67)69-59-64(57-65,58-66)60-70-63(61)68/h10-11,61,65-66H,2-9,12-60H2,1H3/b11-10+. The van der Waals surface area contributed by atoms with Gasteiger partial charge in [-0.1, -0.05) is 321 Å². The number of carbonyl (C=O) groups is 2. The summed E-state index contributed by atoms with van der Waals surface area (Å²) in [5.41, 5.74) is -1.12. The highest BCUT2D eigenvalue weighted by molar-refractivity contribution is 5.80. The van der Waals surface area contributed by atoms with Gasteiger partial charge in [-0.05, 0) is 32.1 Å². The number of cyclic esters (lactones) is 2. The zero-order chi connectivity index (χ0) is 50.4. The van der Waals surface area contributed by atoms with E-state index in [4.69, 9.17) is 9.47 Å². The number of carbonyl (C=O) groups excluding carboxylic acids is 2. The topological polar surface area (TPSA) is 93.1 Å². The highest BCUT2D eigenvalue weighted by Crippen LogP contribution is 2.25. The second-order valence-corrected chi connectivity index (χ2v) is 22.8. The summed E-state index contributed by atoms with van der Waals surface area (Å²) in [6.07, 6.45) is 77.2. The van der Waals surface area contributed by atoms with Crippen molar-refractivity contribution in [1.82, 2.24) is 0 Å². The molecule has 0 amide bonds. The van der Waals surface area contributed by atoms with Gasteiger partial charge in [0.2, 0.25) is 0 Å². The third-order valence-corrected chi connectivity index (χ3v) is 15.8. The van der Waals surface area contributed by atoms with Crippen LogP contribution in [0.4, 0.5) is 0 Å². The molecule has 414 valence electrons. The van der Waals surface area contributed by atoms with Crippen LogP contribution in [0, 0.1) is 11.3 Å². The molecule has 6 nitrogen and oxygen atoms in total. The molecule has 1 saturated heterocycles. The fraction of sp³-hybridized carbons (Fsp3) is 0.938. The summed E-state index contributed by atoms with van der Waals surface area (Å²) in [4.78, 5) is 24.7. The third kappa shape index (κ3) is 45.2. The van der Waals surface area contributed by atoms with E-state index in [1.165, 1.54) is 308 Å². The molecule has 2 N–H and O–H groups in total. The highest BCUT2D eigenvalue weighted by Gasteiger charge is 2.36. The van der Waals surface area contributed by atoms with Crippen molar-refractivity contribution in [2.75, 3.05) is 26.4 Å². The van der Waals surface area contributed by atoms with Crippen LogP contribution in [0.1, 0.15) is 347 Å². The van der Waals surface area contributed by atoms with Crippen molar-refractivity contribution >= 4 is 11.9 Å². The molecule has 1 fully saturated rings. The molecule has 1 unspecified atom stereocenters. The molecule has 0 radical (unpaired) electrons. The highest BCUT2D eigenvalue weighted by atomic mass is 16.6. The predicted molar refractivity (Wildman–Crippen MR) is 302 cm³/mol. The fourth-order valence-electron chi connectivity index (χ4n) is 10.6. The Hall–Kier alpha value is -1.40. The molecule has 0 aliphatic carbocycles. The first-order chi connectivity index (χ1) is 34.6. The van der Waals surface area contributed by atoms with E-state index in [-0.39, 0.29) is 19.6 Å². The van der Waals surface area contributed by atoms with Crippen LogP contribution in [-0.2, 0) is 19.1 Å². The Morgan fingerprint density at radius 3 is 0.886 bits per heavy atom. The van der Waals surface area contributed by atoms with Gasteiger partial charge < -0.3 is 19.7 Å². The quantitative estimate of drug-likeness (QED) is 0.0358. The molecule has 70 heavy (non-hydrogen) atoms. The fourth-order valence-corrected chi connectivity index (χ4v) is 10.6. The molecule has 0 spiro atoms. The van der Waals surface area contributed by atoms with Crippen LogP contribution in [0.25, 0.3) is 0 Å². The molecule has 0 aromatic heterocycles. The predicted octanol–water partition coefficient (Wildman–Crippen LogP) is 19.9. The van der Waals surface area contributed by atoms with E-state index in [2.05, 4.69) is 19.1 Å². The van der Waals surface area contributed by atoms with E-state index in [1.807, 2.05) is 0 Å². The van der Waals surface area contributed by atoms with Gasteiger partial charge in [0, 0.05) is 0 Å². The minimum Gasteiger partial charge on any atom is -0.465 e. The van der Waals surface area contributed by atoms with Crippen molar-refractivity contribution in [2.24, 2.45) is 11.3 Å². The number of ether oxygens (including phenoxy) is 2. The lowest BCUT2D eigenvalue weighted by molar-refractivity contribution is -0.155. The van der Waals surface area contributed by atoms with Crippen LogP contribution in [0.2, 0.25) is 0 Å². The molecule has 1 aliphatic heterocycles. The van der Waals surface area contributed by atoms with E-state index in [1.54, 1.807) is 0 Å². The first kappa shape index (κ1) is 66.6. The van der Waals surface area contributed by atoms with Crippen LogP contribution >= 0.6 is 0 Å². The second kappa shape index (κ2) is 53.9. The van der Waals surface area contributed by atoms with Crippen molar-refractivity contribution in [3.05, 3.63) is 12.2 Å². The average Bonchev–Trinajstić information content (AvgIpc) is 3.43. The Morgan fingerprint density at radius 2 is 0.614 bits per heavy atom. The normalized spacial score (nSPS) is 15.3. The van der Waals surface area contributed by atoms with E-state index in [0.717, 1.165) is 19.3 Å². The van der Waals surface area contributed by atoms with Gasteiger partial charge in [-0.3, -0.25) is 9.59 Å². The summed E-state index contributed by atoms with van der Waals surface area (Å²) >= 11 is 0. The Bertz CT molecular complexity index is 1100. The zero-order valence-electron chi connectivity index (χ0n) is 47.1. The van der Waals surface area contributed by atoms with Crippen LogP contribution in [0.5, 0.6) is 0 Å². The molecular formula is C64H122O6.